The van der Waals surface area contributed by atoms with Crippen LogP contribution in [0.5, 0.6) is 0 Å². The van der Waals surface area contributed by atoms with Crippen LogP contribution in [0.3, 0.4) is 0 Å². The Labute approximate surface area is 169 Å². The number of amides is 1. The number of carbonyl (C=O) groups excluding carboxylic acids is 1. The van der Waals surface area contributed by atoms with Crippen LogP contribution >= 0.6 is 11.6 Å². The summed E-state index contributed by atoms with van der Waals surface area (Å²) < 4.78 is 40.2. The average Bonchev–Trinajstić information content (AvgIpc) is 2.70. The van der Waals surface area contributed by atoms with Gasteiger partial charge in [0, 0.05) is 35.6 Å². The fourth-order valence-corrected chi connectivity index (χ4v) is 3.63. The summed E-state index contributed by atoms with van der Waals surface area (Å²) in [5.41, 5.74) is 0.233. The lowest BCUT2D eigenvalue weighted by Crippen LogP contribution is -2.45. The molecular formula is C20H16ClF3N4O. The summed E-state index contributed by atoms with van der Waals surface area (Å²) >= 11 is 6.02. The molecule has 0 saturated carbocycles. The Bertz CT molecular complexity index is 1090. The summed E-state index contributed by atoms with van der Waals surface area (Å²) in [4.78, 5) is 23.0. The zero-order valence-electron chi connectivity index (χ0n) is 15.1. The summed E-state index contributed by atoms with van der Waals surface area (Å²) in [7, 11) is 0. The topological polar surface area (TPSA) is 58.1 Å². The molecule has 0 radical (unpaired) electrons. The number of hydrogen-bond acceptors (Lipinski definition) is 4. The first-order valence-electron chi connectivity index (χ1n) is 9.03. The third kappa shape index (κ3) is 3.98. The van der Waals surface area contributed by atoms with Crippen LogP contribution in [0.25, 0.3) is 10.9 Å². The smallest absolute Gasteiger partial charge is 0.254 e. The number of anilines is 1. The molecule has 0 bridgehead atoms. The minimum atomic E-state index is -1.33. The molecule has 2 aromatic carbocycles. The summed E-state index contributed by atoms with van der Waals surface area (Å²) in [6.45, 7) is 1.22. The molecule has 29 heavy (non-hydrogen) atoms. The number of halogens is 4. The highest BCUT2D eigenvalue weighted by atomic mass is 35.5. The maximum Gasteiger partial charge on any atom is 0.254 e. The predicted octanol–water partition coefficient (Wildman–Crippen LogP) is 4.10. The summed E-state index contributed by atoms with van der Waals surface area (Å²) in [5.74, 6) is -3.66. The monoisotopic (exact) mass is 420 g/mol. The lowest BCUT2D eigenvalue weighted by Gasteiger charge is -2.33. The molecule has 5 nitrogen and oxygen atoms in total. The maximum absolute atomic E-state index is 13.8. The molecule has 1 aromatic heterocycles. The van der Waals surface area contributed by atoms with E-state index in [2.05, 4.69) is 20.2 Å². The van der Waals surface area contributed by atoms with Gasteiger partial charge in [0.15, 0.2) is 11.6 Å². The van der Waals surface area contributed by atoms with Crippen molar-refractivity contribution in [2.24, 2.45) is 0 Å². The Hall–Kier alpha value is -2.87. The van der Waals surface area contributed by atoms with E-state index in [0.29, 0.717) is 43.1 Å². The van der Waals surface area contributed by atoms with Gasteiger partial charge in [-0.2, -0.15) is 0 Å². The SMILES string of the molecule is O=C(NC1CCN(c2ncnc3cc(Cl)ccc23)CC1)c1cc(F)c(F)cc1F. The number of nitrogens with zero attached hydrogens (tertiary/aromatic N) is 3. The number of rotatable bonds is 3. The van der Waals surface area contributed by atoms with Gasteiger partial charge in [-0.25, -0.2) is 23.1 Å². The molecule has 0 unspecified atom stereocenters. The molecule has 1 fully saturated rings. The van der Waals surface area contributed by atoms with Crippen LogP contribution in [-0.4, -0.2) is 35.0 Å². The van der Waals surface area contributed by atoms with E-state index in [1.54, 1.807) is 12.1 Å². The molecule has 2 heterocycles. The number of aromatic nitrogens is 2. The zero-order valence-corrected chi connectivity index (χ0v) is 15.9. The average molecular weight is 421 g/mol. The molecule has 0 aliphatic carbocycles. The van der Waals surface area contributed by atoms with Gasteiger partial charge in [0.1, 0.15) is 18.0 Å². The van der Waals surface area contributed by atoms with Crippen LogP contribution < -0.4 is 10.2 Å². The van der Waals surface area contributed by atoms with Gasteiger partial charge < -0.3 is 10.2 Å². The van der Waals surface area contributed by atoms with Crippen LogP contribution in [0.15, 0.2) is 36.7 Å². The third-order valence-electron chi connectivity index (χ3n) is 4.96. The largest absolute Gasteiger partial charge is 0.356 e. The van der Waals surface area contributed by atoms with Crippen LogP contribution in [0.1, 0.15) is 23.2 Å². The van der Waals surface area contributed by atoms with Gasteiger partial charge in [0.05, 0.1) is 11.1 Å². The minimum absolute atomic E-state index is 0.214. The van der Waals surface area contributed by atoms with Crippen LogP contribution in [0.4, 0.5) is 19.0 Å². The quantitative estimate of drug-likeness (QED) is 0.648. The molecule has 1 aliphatic heterocycles. The standard InChI is InChI=1S/C20H16ClF3N4O/c21-11-1-2-13-18(7-11)25-10-26-19(13)28-5-3-12(4-6-28)27-20(29)14-8-16(23)17(24)9-15(14)22/h1-2,7-10,12H,3-6H2,(H,27,29). The molecule has 1 N–H and O–H groups in total. The van der Waals surface area contributed by atoms with Crippen molar-refractivity contribution < 1.29 is 18.0 Å². The number of carbonyl (C=O) groups is 1. The Balaban J connectivity index is 1.44. The number of nitrogens with one attached hydrogen (secondary N) is 1. The van der Waals surface area contributed by atoms with E-state index >= 15 is 0 Å². The molecule has 3 aromatic rings. The van der Waals surface area contributed by atoms with Gasteiger partial charge in [0.2, 0.25) is 0 Å². The van der Waals surface area contributed by atoms with Crippen LogP contribution in [-0.2, 0) is 0 Å². The van der Waals surface area contributed by atoms with Crippen molar-refractivity contribution in [2.75, 3.05) is 18.0 Å². The highest BCUT2D eigenvalue weighted by molar-refractivity contribution is 6.31. The molecule has 150 valence electrons. The van der Waals surface area contributed by atoms with Crippen molar-refractivity contribution in [3.63, 3.8) is 0 Å². The second kappa shape index (κ2) is 7.87. The Morgan fingerprint density at radius 3 is 2.52 bits per heavy atom. The van der Waals surface area contributed by atoms with Gasteiger partial charge in [-0.15, -0.1) is 0 Å². The van der Waals surface area contributed by atoms with Crippen molar-refractivity contribution in [2.45, 2.75) is 18.9 Å². The molecule has 9 heteroatoms. The Morgan fingerprint density at radius 2 is 1.76 bits per heavy atom. The van der Waals surface area contributed by atoms with E-state index in [-0.39, 0.29) is 6.04 Å². The Kier molecular flexibility index (Phi) is 5.27. The molecular weight excluding hydrogens is 405 g/mol. The highest BCUT2D eigenvalue weighted by Crippen LogP contribution is 2.27. The second-order valence-electron chi connectivity index (χ2n) is 6.84. The van der Waals surface area contributed by atoms with Gasteiger partial charge >= 0.3 is 0 Å². The summed E-state index contributed by atoms with van der Waals surface area (Å²) in [6.07, 6.45) is 2.67. The van der Waals surface area contributed by atoms with Crippen LogP contribution in [0.2, 0.25) is 5.02 Å². The molecule has 4 rings (SSSR count). The molecule has 1 saturated heterocycles. The zero-order chi connectivity index (χ0) is 20.5. The van der Waals surface area contributed by atoms with E-state index in [0.717, 1.165) is 16.7 Å². The fraction of sp³-hybridized carbons (Fsp3) is 0.250. The number of piperidine rings is 1. The number of benzene rings is 2. The van der Waals surface area contributed by atoms with Crippen molar-refractivity contribution in [1.29, 1.82) is 0 Å². The number of hydrogen-bond donors (Lipinski definition) is 1. The van der Waals surface area contributed by atoms with Crippen molar-refractivity contribution >= 4 is 34.2 Å². The van der Waals surface area contributed by atoms with Gasteiger partial charge in [-0.1, -0.05) is 11.6 Å². The van der Waals surface area contributed by atoms with E-state index in [9.17, 15) is 18.0 Å². The minimum Gasteiger partial charge on any atom is -0.356 e. The van der Waals surface area contributed by atoms with Crippen molar-refractivity contribution in [3.8, 4) is 0 Å². The van der Waals surface area contributed by atoms with Gasteiger partial charge in [0.25, 0.3) is 5.91 Å². The van der Waals surface area contributed by atoms with E-state index in [4.69, 9.17) is 11.6 Å². The van der Waals surface area contributed by atoms with Crippen molar-refractivity contribution in [1.82, 2.24) is 15.3 Å². The predicted molar refractivity (Wildman–Crippen MR) is 104 cm³/mol. The summed E-state index contributed by atoms with van der Waals surface area (Å²) in [5, 5.41) is 4.16. The lowest BCUT2D eigenvalue weighted by molar-refractivity contribution is 0.0926. The molecule has 0 atom stereocenters. The normalized spacial score (nSPS) is 15.0. The summed E-state index contributed by atoms with van der Waals surface area (Å²) in [6, 6.07) is 6.15. The van der Waals surface area contributed by atoms with E-state index < -0.39 is 28.9 Å². The fourth-order valence-electron chi connectivity index (χ4n) is 3.46. The highest BCUT2D eigenvalue weighted by Gasteiger charge is 2.25. The van der Waals surface area contributed by atoms with E-state index in [1.165, 1.54) is 6.33 Å². The lowest BCUT2D eigenvalue weighted by atomic mass is 10.0. The Morgan fingerprint density at radius 1 is 1.03 bits per heavy atom. The molecule has 1 aliphatic rings. The second-order valence-corrected chi connectivity index (χ2v) is 7.28. The maximum atomic E-state index is 13.8. The van der Waals surface area contributed by atoms with Gasteiger partial charge in [-0.3, -0.25) is 4.79 Å². The first-order chi connectivity index (χ1) is 13.9. The molecule has 0 spiro atoms. The third-order valence-corrected chi connectivity index (χ3v) is 5.20. The first-order valence-corrected chi connectivity index (χ1v) is 9.41. The number of fused-ring (bicyclic) bond motifs is 1. The van der Waals surface area contributed by atoms with Gasteiger partial charge in [-0.05, 0) is 37.1 Å². The molecule has 1 amide bonds. The van der Waals surface area contributed by atoms with Crippen LogP contribution in [0, 0.1) is 17.5 Å². The van der Waals surface area contributed by atoms with E-state index in [1.807, 2.05) is 6.07 Å². The van der Waals surface area contributed by atoms with Crippen molar-refractivity contribution in [3.05, 3.63) is 64.7 Å². The first kappa shape index (κ1) is 19.4.